The minimum atomic E-state index is -0.393. The van der Waals surface area contributed by atoms with Gasteiger partial charge in [-0.05, 0) is 29.8 Å². The first-order chi connectivity index (χ1) is 11.7. The Hall–Kier alpha value is -1.82. The molecule has 0 spiro atoms. The summed E-state index contributed by atoms with van der Waals surface area (Å²) in [6, 6.07) is 11.6. The Morgan fingerprint density at radius 3 is 2.83 bits per heavy atom. The van der Waals surface area contributed by atoms with Crippen LogP contribution in [0.5, 0.6) is 11.5 Å². The second-order valence-electron chi connectivity index (χ2n) is 5.50. The Morgan fingerprint density at radius 1 is 1.25 bits per heavy atom. The van der Waals surface area contributed by atoms with E-state index in [0.717, 1.165) is 12.1 Å². The van der Waals surface area contributed by atoms with Crippen molar-refractivity contribution in [2.45, 2.75) is 12.2 Å². The highest BCUT2D eigenvalue weighted by molar-refractivity contribution is 6.30. The van der Waals surface area contributed by atoms with Gasteiger partial charge in [0.1, 0.15) is 11.9 Å². The van der Waals surface area contributed by atoms with Crippen molar-refractivity contribution in [1.29, 1.82) is 0 Å². The molecule has 24 heavy (non-hydrogen) atoms. The summed E-state index contributed by atoms with van der Waals surface area (Å²) in [5.74, 6) is 0.415. The fraction of sp³-hybridized carbons (Fsp3) is 0.333. The molecule has 128 valence electrons. The van der Waals surface area contributed by atoms with Crippen LogP contribution in [0.3, 0.4) is 0 Å². The van der Waals surface area contributed by atoms with Crippen molar-refractivity contribution in [1.82, 2.24) is 5.32 Å². The van der Waals surface area contributed by atoms with E-state index in [1.165, 1.54) is 19.2 Å². The van der Waals surface area contributed by atoms with Crippen LogP contribution in [-0.4, -0.2) is 32.9 Å². The second-order valence-corrected chi connectivity index (χ2v) is 5.94. The molecule has 1 aliphatic heterocycles. The van der Waals surface area contributed by atoms with Crippen molar-refractivity contribution in [3.05, 3.63) is 58.9 Å². The van der Waals surface area contributed by atoms with Crippen LogP contribution in [0.15, 0.2) is 42.5 Å². The molecule has 0 unspecified atom stereocenters. The zero-order chi connectivity index (χ0) is 16.9. The molecule has 0 aromatic heterocycles. The molecule has 1 fully saturated rings. The van der Waals surface area contributed by atoms with Gasteiger partial charge in [0.15, 0.2) is 17.6 Å². The number of benzene rings is 2. The van der Waals surface area contributed by atoms with Gasteiger partial charge < -0.3 is 19.5 Å². The van der Waals surface area contributed by atoms with E-state index in [4.69, 9.17) is 25.8 Å². The smallest absolute Gasteiger partial charge is 0.163 e. The summed E-state index contributed by atoms with van der Waals surface area (Å²) in [6.07, 6.45) is -0.581. The molecule has 2 aromatic carbocycles. The highest BCUT2D eigenvalue weighted by Crippen LogP contribution is 2.34. The first kappa shape index (κ1) is 17.0. The lowest BCUT2D eigenvalue weighted by molar-refractivity contribution is -0.0438. The SMILES string of the molecule is COc1cc(F)ccc1O[C@@H](c1cccc(Cl)c1)[C@@H]1CNCCO1. The van der Waals surface area contributed by atoms with Crippen LogP contribution in [0.2, 0.25) is 5.02 Å². The van der Waals surface area contributed by atoms with Crippen LogP contribution in [0.1, 0.15) is 11.7 Å². The molecule has 1 N–H and O–H groups in total. The van der Waals surface area contributed by atoms with Crippen molar-refractivity contribution < 1.29 is 18.6 Å². The molecule has 6 heteroatoms. The summed E-state index contributed by atoms with van der Waals surface area (Å²) in [5.41, 5.74) is 0.891. The molecule has 0 saturated carbocycles. The fourth-order valence-corrected chi connectivity index (χ4v) is 2.90. The topological polar surface area (TPSA) is 39.7 Å². The van der Waals surface area contributed by atoms with E-state index in [2.05, 4.69) is 5.32 Å². The van der Waals surface area contributed by atoms with E-state index in [1.807, 2.05) is 18.2 Å². The van der Waals surface area contributed by atoms with Crippen LogP contribution >= 0.6 is 11.6 Å². The Kier molecular flexibility index (Phi) is 5.56. The molecule has 1 aliphatic rings. The summed E-state index contributed by atoms with van der Waals surface area (Å²) >= 11 is 6.12. The molecule has 2 atom stereocenters. The van der Waals surface area contributed by atoms with Gasteiger partial charge in [-0.3, -0.25) is 0 Å². The number of morpholine rings is 1. The molecule has 3 rings (SSSR count). The predicted molar refractivity (Wildman–Crippen MR) is 90.4 cm³/mol. The normalized spacial score (nSPS) is 18.9. The van der Waals surface area contributed by atoms with E-state index in [0.29, 0.717) is 29.7 Å². The van der Waals surface area contributed by atoms with Gasteiger partial charge in [0.05, 0.1) is 13.7 Å². The summed E-state index contributed by atoms with van der Waals surface area (Å²) in [5, 5.41) is 3.92. The van der Waals surface area contributed by atoms with Gasteiger partial charge in [-0.1, -0.05) is 23.7 Å². The monoisotopic (exact) mass is 351 g/mol. The lowest BCUT2D eigenvalue weighted by atomic mass is 10.0. The van der Waals surface area contributed by atoms with E-state index < -0.39 is 6.10 Å². The minimum Gasteiger partial charge on any atom is -0.493 e. The van der Waals surface area contributed by atoms with Crippen molar-refractivity contribution in [3.8, 4) is 11.5 Å². The average Bonchev–Trinajstić information content (AvgIpc) is 2.61. The van der Waals surface area contributed by atoms with Crippen LogP contribution in [-0.2, 0) is 4.74 Å². The maximum Gasteiger partial charge on any atom is 0.163 e. The molecule has 2 aromatic rings. The Bertz CT molecular complexity index is 692. The van der Waals surface area contributed by atoms with Crippen LogP contribution in [0, 0.1) is 5.82 Å². The number of halogens is 2. The maximum absolute atomic E-state index is 13.4. The number of nitrogens with one attached hydrogen (secondary N) is 1. The maximum atomic E-state index is 13.4. The number of methoxy groups -OCH3 is 1. The third-order valence-electron chi connectivity index (χ3n) is 3.85. The molecular weight excluding hydrogens is 333 g/mol. The quantitative estimate of drug-likeness (QED) is 0.893. The number of rotatable bonds is 5. The Labute approximate surface area is 145 Å². The van der Waals surface area contributed by atoms with Gasteiger partial charge in [-0.25, -0.2) is 4.39 Å². The van der Waals surface area contributed by atoms with Gasteiger partial charge in [0, 0.05) is 24.2 Å². The summed E-state index contributed by atoms with van der Waals surface area (Å²) in [4.78, 5) is 0. The van der Waals surface area contributed by atoms with Crippen molar-refractivity contribution >= 4 is 11.6 Å². The molecule has 0 bridgehead atoms. The van der Waals surface area contributed by atoms with Gasteiger partial charge in [0.25, 0.3) is 0 Å². The lowest BCUT2D eigenvalue weighted by Gasteiger charge is -2.32. The van der Waals surface area contributed by atoms with E-state index >= 15 is 0 Å². The van der Waals surface area contributed by atoms with Gasteiger partial charge in [-0.2, -0.15) is 0 Å². The van der Waals surface area contributed by atoms with E-state index in [-0.39, 0.29) is 11.9 Å². The molecular formula is C18H19ClFNO3. The average molecular weight is 352 g/mol. The zero-order valence-electron chi connectivity index (χ0n) is 13.3. The van der Waals surface area contributed by atoms with Gasteiger partial charge in [-0.15, -0.1) is 0 Å². The number of hydrogen-bond donors (Lipinski definition) is 1. The molecule has 0 amide bonds. The molecule has 1 saturated heterocycles. The van der Waals surface area contributed by atoms with Crippen molar-refractivity contribution in [2.24, 2.45) is 0 Å². The van der Waals surface area contributed by atoms with Crippen molar-refractivity contribution in [2.75, 3.05) is 26.8 Å². The van der Waals surface area contributed by atoms with E-state index in [1.54, 1.807) is 12.1 Å². The second kappa shape index (κ2) is 7.83. The van der Waals surface area contributed by atoms with Crippen molar-refractivity contribution in [3.63, 3.8) is 0 Å². The minimum absolute atomic E-state index is 0.188. The lowest BCUT2D eigenvalue weighted by Crippen LogP contribution is -2.43. The largest absolute Gasteiger partial charge is 0.493 e. The summed E-state index contributed by atoms with van der Waals surface area (Å²) in [6.45, 7) is 2.06. The highest BCUT2D eigenvalue weighted by atomic mass is 35.5. The highest BCUT2D eigenvalue weighted by Gasteiger charge is 2.29. The molecule has 4 nitrogen and oxygen atoms in total. The third-order valence-corrected chi connectivity index (χ3v) is 4.09. The Balaban J connectivity index is 1.92. The standard InChI is InChI=1S/C18H19ClFNO3/c1-22-16-10-14(20)5-6-15(16)24-18(17-11-21-7-8-23-17)12-3-2-4-13(19)9-12/h2-6,9-10,17-18,21H,7-8,11H2,1H3/t17-,18-/m0/s1. The number of hydrogen-bond acceptors (Lipinski definition) is 4. The number of ether oxygens (including phenoxy) is 3. The third kappa shape index (κ3) is 3.98. The first-order valence-electron chi connectivity index (χ1n) is 7.75. The Morgan fingerprint density at radius 2 is 2.12 bits per heavy atom. The summed E-state index contributed by atoms with van der Waals surface area (Å²) in [7, 11) is 1.48. The molecule has 0 radical (unpaired) electrons. The molecule has 1 heterocycles. The fourth-order valence-electron chi connectivity index (χ4n) is 2.70. The zero-order valence-corrected chi connectivity index (χ0v) is 14.1. The molecule has 0 aliphatic carbocycles. The van der Waals surface area contributed by atoms with Crippen LogP contribution in [0.4, 0.5) is 4.39 Å². The first-order valence-corrected chi connectivity index (χ1v) is 8.13. The van der Waals surface area contributed by atoms with Gasteiger partial charge in [0.2, 0.25) is 0 Å². The van der Waals surface area contributed by atoms with Crippen LogP contribution in [0.25, 0.3) is 0 Å². The van der Waals surface area contributed by atoms with E-state index in [9.17, 15) is 4.39 Å². The van der Waals surface area contributed by atoms with Gasteiger partial charge >= 0.3 is 0 Å². The summed E-state index contributed by atoms with van der Waals surface area (Å²) < 4.78 is 30.7. The predicted octanol–water partition coefficient (Wildman–Crippen LogP) is 3.60. The van der Waals surface area contributed by atoms with Crippen LogP contribution < -0.4 is 14.8 Å².